The summed E-state index contributed by atoms with van der Waals surface area (Å²) in [5.74, 6) is 0.534. The third-order valence-electron chi connectivity index (χ3n) is 3.20. The average molecular weight is 307 g/mol. The predicted octanol–water partition coefficient (Wildman–Crippen LogP) is 4.53. The maximum atomic E-state index is 13.4. The summed E-state index contributed by atoms with van der Waals surface area (Å²) < 4.78 is 19.3. The Hall–Kier alpha value is -1.39. The van der Waals surface area contributed by atoms with Gasteiger partial charge in [-0.2, -0.15) is 0 Å². The van der Waals surface area contributed by atoms with E-state index >= 15 is 0 Å². The second kappa shape index (κ2) is 8.15. The molecule has 0 bridgehead atoms. The van der Waals surface area contributed by atoms with Crippen molar-refractivity contribution >= 4 is 11.3 Å². The highest BCUT2D eigenvalue weighted by molar-refractivity contribution is 7.11. The first-order valence-corrected chi connectivity index (χ1v) is 8.24. The van der Waals surface area contributed by atoms with Gasteiger partial charge in [0.1, 0.15) is 18.2 Å². The van der Waals surface area contributed by atoms with Gasteiger partial charge in [-0.3, -0.25) is 0 Å². The van der Waals surface area contributed by atoms with Crippen molar-refractivity contribution in [2.24, 2.45) is 0 Å². The van der Waals surface area contributed by atoms with Crippen LogP contribution in [-0.4, -0.2) is 6.54 Å². The van der Waals surface area contributed by atoms with Crippen LogP contribution in [0, 0.1) is 5.82 Å². The normalized spacial score (nSPS) is 10.8. The molecule has 0 spiro atoms. The molecule has 4 heteroatoms. The van der Waals surface area contributed by atoms with E-state index in [0.717, 1.165) is 30.7 Å². The topological polar surface area (TPSA) is 21.3 Å². The zero-order chi connectivity index (χ0) is 15.1. The van der Waals surface area contributed by atoms with Gasteiger partial charge < -0.3 is 10.1 Å². The molecule has 1 aromatic heterocycles. The zero-order valence-corrected chi connectivity index (χ0v) is 13.4. The quantitative estimate of drug-likeness (QED) is 0.724. The van der Waals surface area contributed by atoms with Crippen LogP contribution in [0.4, 0.5) is 4.39 Å². The maximum Gasteiger partial charge on any atom is 0.124 e. The molecule has 0 saturated heterocycles. The van der Waals surface area contributed by atoms with Gasteiger partial charge in [-0.05, 0) is 49.7 Å². The third-order valence-corrected chi connectivity index (χ3v) is 4.40. The second-order valence-electron chi connectivity index (χ2n) is 4.94. The van der Waals surface area contributed by atoms with Gasteiger partial charge >= 0.3 is 0 Å². The van der Waals surface area contributed by atoms with E-state index in [1.807, 2.05) is 0 Å². The molecule has 0 amide bonds. The Morgan fingerprint density at radius 3 is 2.67 bits per heavy atom. The summed E-state index contributed by atoms with van der Waals surface area (Å²) in [7, 11) is 0. The smallest absolute Gasteiger partial charge is 0.124 e. The lowest BCUT2D eigenvalue weighted by Crippen LogP contribution is -2.14. The highest BCUT2D eigenvalue weighted by Gasteiger charge is 2.07. The van der Waals surface area contributed by atoms with Crippen molar-refractivity contribution in [1.29, 1.82) is 0 Å². The minimum atomic E-state index is -0.222. The molecule has 114 valence electrons. The fourth-order valence-corrected chi connectivity index (χ4v) is 2.94. The molecule has 2 nitrogen and oxygen atoms in total. The maximum absolute atomic E-state index is 13.4. The van der Waals surface area contributed by atoms with Crippen LogP contribution >= 0.6 is 11.3 Å². The molecule has 21 heavy (non-hydrogen) atoms. The zero-order valence-electron chi connectivity index (χ0n) is 12.6. The van der Waals surface area contributed by atoms with Crippen molar-refractivity contribution in [3.63, 3.8) is 0 Å². The average Bonchev–Trinajstić information content (AvgIpc) is 2.95. The number of aryl methyl sites for hydroxylation is 1. The van der Waals surface area contributed by atoms with Gasteiger partial charge in [-0.15, -0.1) is 11.3 Å². The minimum absolute atomic E-state index is 0.222. The van der Waals surface area contributed by atoms with E-state index < -0.39 is 0 Å². The fraction of sp³-hybridized carbons (Fsp3) is 0.412. The first-order chi connectivity index (χ1) is 10.2. The summed E-state index contributed by atoms with van der Waals surface area (Å²) in [6.07, 6.45) is 2.11. The number of rotatable bonds is 8. The van der Waals surface area contributed by atoms with E-state index in [1.54, 1.807) is 23.5 Å². The first kappa shape index (κ1) is 16.0. The molecule has 0 aliphatic carbocycles. The first-order valence-electron chi connectivity index (χ1n) is 7.42. The van der Waals surface area contributed by atoms with Gasteiger partial charge in [-0.1, -0.05) is 13.8 Å². The fourth-order valence-electron chi connectivity index (χ4n) is 2.07. The summed E-state index contributed by atoms with van der Waals surface area (Å²) in [5, 5.41) is 3.29. The summed E-state index contributed by atoms with van der Waals surface area (Å²) in [4.78, 5) is 2.56. The summed E-state index contributed by atoms with van der Waals surface area (Å²) in [6, 6.07) is 8.95. The van der Waals surface area contributed by atoms with E-state index in [4.69, 9.17) is 4.74 Å². The van der Waals surface area contributed by atoms with Crippen molar-refractivity contribution in [1.82, 2.24) is 5.32 Å². The van der Waals surface area contributed by atoms with Gasteiger partial charge in [0.15, 0.2) is 0 Å². The Bertz CT molecular complexity index is 568. The highest BCUT2D eigenvalue weighted by atomic mass is 32.1. The standard InChI is InChI=1S/C17H22FNOS/c1-3-9-19-11-13-10-14(18)5-8-17(13)20-12-16-7-6-15(4-2)21-16/h5-8,10,19H,3-4,9,11-12H2,1-2H3. The molecule has 1 heterocycles. The number of thiophene rings is 1. The summed E-state index contributed by atoms with van der Waals surface area (Å²) in [6.45, 7) is 6.34. The second-order valence-corrected chi connectivity index (χ2v) is 6.19. The van der Waals surface area contributed by atoms with E-state index in [1.165, 1.54) is 15.8 Å². The number of ether oxygens (including phenoxy) is 1. The molecule has 1 aromatic carbocycles. The van der Waals surface area contributed by atoms with Gasteiger partial charge in [0.2, 0.25) is 0 Å². The Morgan fingerprint density at radius 2 is 1.95 bits per heavy atom. The number of hydrogen-bond acceptors (Lipinski definition) is 3. The largest absolute Gasteiger partial charge is 0.488 e. The van der Waals surface area contributed by atoms with Crippen LogP contribution in [0.25, 0.3) is 0 Å². The van der Waals surface area contributed by atoms with Gasteiger partial charge in [-0.25, -0.2) is 4.39 Å². The Morgan fingerprint density at radius 1 is 1.14 bits per heavy atom. The number of benzene rings is 1. The van der Waals surface area contributed by atoms with Crippen molar-refractivity contribution in [3.8, 4) is 5.75 Å². The molecule has 0 atom stereocenters. The molecular weight excluding hydrogens is 285 g/mol. The van der Waals surface area contributed by atoms with Crippen LogP contribution in [0.1, 0.15) is 35.6 Å². The molecule has 0 radical (unpaired) electrons. The lowest BCUT2D eigenvalue weighted by Gasteiger charge is -2.11. The summed E-state index contributed by atoms with van der Waals surface area (Å²) in [5.41, 5.74) is 0.871. The SMILES string of the molecule is CCCNCc1cc(F)ccc1OCc1ccc(CC)s1. The monoisotopic (exact) mass is 307 g/mol. The Balaban J connectivity index is 2.00. The molecule has 0 aliphatic rings. The molecule has 0 aliphatic heterocycles. The van der Waals surface area contributed by atoms with Crippen molar-refractivity contribution in [2.45, 2.75) is 39.8 Å². The lowest BCUT2D eigenvalue weighted by atomic mass is 10.2. The number of halogens is 1. The van der Waals surface area contributed by atoms with E-state index in [-0.39, 0.29) is 5.82 Å². The molecule has 0 saturated carbocycles. The lowest BCUT2D eigenvalue weighted by molar-refractivity contribution is 0.305. The van der Waals surface area contributed by atoms with Crippen molar-refractivity contribution in [2.75, 3.05) is 6.54 Å². The number of hydrogen-bond donors (Lipinski definition) is 1. The van der Waals surface area contributed by atoms with Gasteiger partial charge in [0.05, 0.1) is 0 Å². The minimum Gasteiger partial charge on any atom is -0.488 e. The molecular formula is C17H22FNOS. The number of nitrogens with one attached hydrogen (secondary N) is 1. The van der Waals surface area contributed by atoms with Crippen LogP contribution in [0.5, 0.6) is 5.75 Å². The molecule has 0 fully saturated rings. The van der Waals surface area contributed by atoms with E-state index in [2.05, 4.69) is 31.3 Å². The van der Waals surface area contributed by atoms with Gasteiger partial charge in [0, 0.05) is 21.9 Å². The van der Waals surface area contributed by atoms with Crippen LogP contribution < -0.4 is 10.1 Å². The van der Waals surface area contributed by atoms with E-state index in [9.17, 15) is 4.39 Å². The van der Waals surface area contributed by atoms with Gasteiger partial charge in [0.25, 0.3) is 0 Å². The van der Waals surface area contributed by atoms with Crippen LogP contribution in [0.3, 0.4) is 0 Å². The van der Waals surface area contributed by atoms with Crippen LogP contribution in [0.15, 0.2) is 30.3 Å². The molecule has 0 unspecified atom stereocenters. The molecule has 1 N–H and O–H groups in total. The Labute approximate surface area is 130 Å². The highest BCUT2D eigenvalue weighted by Crippen LogP contribution is 2.23. The van der Waals surface area contributed by atoms with Crippen LogP contribution in [0.2, 0.25) is 0 Å². The predicted molar refractivity (Wildman–Crippen MR) is 86.4 cm³/mol. The van der Waals surface area contributed by atoms with Crippen LogP contribution in [-0.2, 0) is 19.6 Å². The Kier molecular flexibility index (Phi) is 6.21. The molecule has 2 rings (SSSR count). The third kappa shape index (κ3) is 4.83. The van der Waals surface area contributed by atoms with E-state index in [0.29, 0.717) is 13.2 Å². The summed E-state index contributed by atoms with van der Waals surface area (Å²) >= 11 is 1.77. The van der Waals surface area contributed by atoms with Crippen molar-refractivity contribution in [3.05, 3.63) is 51.5 Å². The van der Waals surface area contributed by atoms with Crippen molar-refractivity contribution < 1.29 is 9.13 Å². The molecule has 2 aromatic rings.